The van der Waals surface area contributed by atoms with Gasteiger partial charge in [0.25, 0.3) is 0 Å². The highest BCUT2D eigenvalue weighted by Crippen LogP contribution is 2.18. The number of rotatable bonds is 4. The van der Waals surface area contributed by atoms with Gasteiger partial charge in [-0.1, -0.05) is 24.3 Å². The SMILES string of the molecule is Ic1[nH]nc2cc(CNNc3ccccc3)ccc12. The Morgan fingerprint density at radius 3 is 2.79 bits per heavy atom. The van der Waals surface area contributed by atoms with Crippen LogP contribution in [0.15, 0.2) is 48.5 Å². The van der Waals surface area contributed by atoms with Crippen LogP contribution < -0.4 is 10.9 Å². The Hall–Kier alpha value is -1.60. The molecule has 0 saturated heterocycles. The molecule has 0 amide bonds. The molecule has 0 aliphatic carbocycles. The fourth-order valence-corrected chi connectivity index (χ4v) is 2.48. The van der Waals surface area contributed by atoms with E-state index in [1.54, 1.807) is 0 Å². The first kappa shape index (κ1) is 12.4. The van der Waals surface area contributed by atoms with Gasteiger partial charge in [0.05, 0.1) is 5.52 Å². The summed E-state index contributed by atoms with van der Waals surface area (Å²) in [6.45, 7) is 0.744. The monoisotopic (exact) mass is 364 g/mol. The van der Waals surface area contributed by atoms with Crippen LogP contribution in [0.3, 0.4) is 0 Å². The lowest BCUT2D eigenvalue weighted by molar-refractivity contribution is 0.802. The van der Waals surface area contributed by atoms with Gasteiger partial charge in [-0.05, 0) is 52.4 Å². The zero-order chi connectivity index (χ0) is 13.1. The van der Waals surface area contributed by atoms with Gasteiger partial charge in [0.2, 0.25) is 0 Å². The Labute approximate surface area is 124 Å². The number of aromatic nitrogens is 2. The van der Waals surface area contributed by atoms with Crippen LogP contribution in [0.4, 0.5) is 5.69 Å². The molecule has 0 aliphatic rings. The molecule has 0 fully saturated rings. The van der Waals surface area contributed by atoms with Crippen molar-refractivity contribution in [1.29, 1.82) is 0 Å². The van der Waals surface area contributed by atoms with Crippen molar-refractivity contribution in [2.75, 3.05) is 5.43 Å². The zero-order valence-corrected chi connectivity index (χ0v) is 12.3. The molecule has 96 valence electrons. The maximum atomic E-state index is 4.26. The summed E-state index contributed by atoms with van der Waals surface area (Å²) in [5.41, 5.74) is 9.62. The van der Waals surface area contributed by atoms with Crippen LogP contribution in [0, 0.1) is 3.70 Å². The molecule has 19 heavy (non-hydrogen) atoms. The molecular formula is C14H13IN4. The summed E-state index contributed by atoms with van der Waals surface area (Å²) >= 11 is 2.26. The van der Waals surface area contributed by atoms with Gasteiger partial charge in [-0.15, -0.1) is 0 Å². The lowest BCUT2D eigenvalue weighted by atomic mass is 10.2. The minimum atomic E-state index is 0.744. The molecular weight excluding hydrogens is 351 g/mol. The van der Waals surface area contributed by atoms with Crippen molar-refractivity contribution in [2.24, 2.45) is 0 Å². The Kier molecular flexibility index (Phi) is 3.65. The number of aromatic amines is 1. The minimum absolute atomic E-state index is 0.744. The molecule has 2 aromatic carbocycles. The highest BCUT2D eigenvalue weighted by Gasteiger charge is 2.02. The molecule has 1 aromatic heterocycles. The van der Waals surface area contributed by atoms with Gasteiger partial charge >= 0.3 is 0 Å². The number of fused-ring (bicyclic) bond motifs is 1. The molecule has 0 spiro atoms. The van der Waals surface area contributed by atoms with Gasteiger partial charge < -0.3 is 5.43 Å². The van der Waals surface area contributed by atoms with Crippen molar-refractivity contribution in [3.05, 3.63) is 57.8 Å². The number of hydrazine groups is 1. The van der Waals surface area contributed by atoms with Crippen LogP contribution >= 0.6 is 22.6 Å². The van der Waals surface area contributed by atoms with E-state index in [1.807, 2.05) is 30.3 Å². The average Bonchev–Trinajstić information content (AvgIpc) is 2.81. The highest BCUT2D eigenvalue weighted by molar-refractivity contribution is 14.1. The van der Waals surface area contributed by atoms with Crippen molar-refractivity contribution in [3.8, 4) is 0 Å². The maximum absolute atomic E-state index is 4.26. The van der Waals surface area contributed by atoms with Crippen LogP contribution in [0.2, 0.25) is 0 Å². The molecule has 0 atom stereocenters. The molecule has 5 heteroatoms. The van der Waals surface area contributed by atoms with Crippen LogP contribution in [0.5, 0.6) is 0 Å². The number of anilines is 1. The quantitative estimate of drug-likeness (QED) is 0.492. The highest BCUT2D eigenvalue weighted by atomic mass is 127. The zero-order valence-electron chi connectivity index (χ0n) is 10.2. The molecule has 3 N–H and O–H groups in total. The van der Waals surface area contributed by atoms with E-state index in [4.69, 9.17) is 0 Å². The minimum Gasteiger partial charge on any atom is -0.321 e. The molecule has 0 saturated carbocycles. The summed E-state index contributed by atoms with van der Waals surface area (Å²) < 4.78 is 1.08. The predicted molar refractivity (Wildman–Crippen MR) is 85.7 cm³/mol. The molecule has 4 nitrogen and oxygen atoms in total. The van der Waals surface area contributed by atoms with Crippen LogP contribution in [-0.4, -0.2) is 10.2 Å². The van der Waals surface area contributed by atoms with Gasteiger partial charge in [0.15, 0.2) is 0 Å². The second kappa shape index (κ2) is 5.58. The van der Waals surface area contributed by atoms with E-state index in [1.165, 1.54) is 10.9 Å². The van der Waals surface area contributed by atoms with E-state index >= 15 is 0 Å². The second-order valence-corrected chi connectivity index (χ2v) is 5.31. The Morgan fingerprint density at radius 2 is 1.95 bits per heavy atom. The smallest absolute Gasteiger partial charge is 0.104 e. The van der Waals surface area contributed by atoms with Crippen molar-refractivity contribution in [1.82, 2.24) is 15.6 Å². The van der Waals surface area contributed by atoms with E-state index in [-0.39, 0.29) is 0 Å². The fourth-order valence-electron chi connectivity index (χ4n) is 1.90. The van der Waals surface area contributed by atoms with Crippen molar-refractivity contribution >= 4 is 39.2 Å². The summed E-state index contributed by atoms with van der Waals surface area (Å²) in [5, 5.41) is 8.42. The maximum Gasteiger partial charge on any atom is 0.104 e. The van der Waals surface area contributed by atoms with Gasteiger partial charge in [-0.3, -0.25) is 5.10 Å². The summed E-state index contributed by atoms with van der Waals surface area (Å²) in [7, 11) is 0. The van der Waals surface area contributed by atoms with E-state index < -0.39 is 0 Å². The van der Waals surface area contributed by atoms with Gasteiger partial charge in [-0.25, -0.2) is 5.43 Å². The van der Waals surface area contributed by atoms with Gasteiger partial charge in [0.1, 0.15) is 3.70 Å². The first-order chi connectivity index (χ1) is 9.33. The third-order valence-corrected chi connectivity index (χ3v) is 3.69. The van der Waals surface area contributed by atoms with E-state index in [0.717, 1.165) is 21.4 Å². The number of hydrogen-bond acceptors (Lipinski definition) is 3. The van der Waals surface area contributed by atoms with Crippen LogP contribution in [-0.2, 0) is 6.54 Å². The average molecular weight is 364 g/mol. The molecule has 0 unspecified atom stereocenters. The summed E-state index contributed by atoms with van der Waals surface area (Å²) in [6.07, 6.45) is 0. The number of benzene rings is 2. The molecule has 0 aliphatic heterocycles. The third kappa shape index (κ3) is 2.87. The molecule has 0 radical (unpaired) electrons. The van der Waals surface area contributed by atoms with Crippen LogP contribution in [0.25, 0.3) is 10.9 Å². The first-order valence-corrected chi connectivity index (χ1v) is 7.07. The molecule has 0 bridgehead atoms. The predicted octanol–water partition coefficient (Wildman–Crippen LogP) is 3.28. The Balaban J connectivity index is 1.65. The van der Waals surface area contributed by atoms with Crippen molar-refractivity contribution < 1.29 is 0 Å². The number of H-pyrrole nitrogens is 1. The Morgan fingerprint density at radius 1 is 1.11 bits per heavy atom. The summed E-state index contributed by atoms with van der Waals surface area (Å²) in [4.78, 5) is 0. The van der Waals surface area contributed by atoms with E-state index in [9.17, 15) is 0 Å². The molecule has 1 heterocycles. The summed E-state index contributed by atoms with van der Waals surface area (Å²) in [6, 6.07) is 16.3. The van der Waals surface area contributed by atoms with E-state index in [2.05, 4.69) is 61.8 Å². The largest absolute Gasteiger partial charge is 0.321 e. The Bertz CT molecular complexity index is 678. The lowest BCUT2D eigenvalue weighted by Crippen LogP contribution is -2.20. The first-order valence-electron chi connectivity index (χ1n) is 5.99. The summed E-state index contributed by atoms with van der Waals surface area (Å²) in [5.74, 6) is 0. The van der Waals surface area contributed by atoms with Crippen LogP contribution in [0.1, 0.15) is 5.56 Å². The standard InChI is InChI=1S/C14H13IN4/c15-14-12-7-6-10(8-13(12)18-19-14)9-16-17-11-4-2-1-3-5-11/h1-8,16-17H,9H2,(H,18,19). The van der Waals surface area contributed by atoms with Gasteiger partial charge in [0, 0.05) is 17.6 Å². The topological polar surface area (TPSA) is 52.7 Å². The number of halogens is 1. The van der Waals surface area contributed by atoms with Crippen molar-refractivity contribution in [3.63, 3.8) is 0 Å². The van der Waals surface area contributed by atoms with Crippen molar-refractivity contribution in [2.45, 2.75) is 6.54 Å². The number of nitrogens with zero attached hydrogens (tertiary/aromatic N) is 1. The number of para-hydroxylation sites is 1. The normalized spacial score (nSPS) is 10.8. The second-order valence-electron chi connectivity index (χ2n) is 4.23. The molecule has 3 rings (SSSR count). The number of hydrogen-bond donors (Lipinski definition) is 3. The number of nitrogens with one attached hydrogen (secondary N) is 3. The lowest BCUT2D eigenvalue weighted by Gasteiger charge is -2.08. The third-order valence-electron chi connectivity index (χ3n) is 2.87. The van der Waals surface area contributed by atoms with Gasteiger partial charge in [-0.2, -0.15) is 5.10 Å². The fraction of sp³-hybridized carbons (Fsp3) is 0.0714. The molecule has 3 aromatic rings. The van der Waals surface area contributed by atoms with E-state index in [0.29, 0.717) is 0 Å².